The molecular weight excluding hydrogens is 338 g/mol. The van der Waals surface area contributed by atoms with Gasteiger partial charge in [0.2, 0.25) is 5.89 Å². The fraction of sp³-hybridized carbons (Fsp3) is 0.278. The number of aryl methyl sites for hydroxylation is 2. The predicted octanol–water partition coefficient (Wildman–Crippen LogP) is 2.63. The van der Waals surface area contributed by atoms with E-state index in [1.54, 1.807) is 31.5 Å². The quantitative estimate of drug-likeness (QED) is 0.646. The molecule has 0 aliphatic rings. The fourth-order valence-corrected chi connectivity index (χ4v) is 3.31. The Hall–Kier alpha value is -2.54. The van der Waals surface area contributed by atoms with E-state index in [9.17, 15) is 8.42 Å². The Bertz CT molecular complexity index is 920. The largest absolute Gasteiger partial charge is 0.339 e. The molecular formula is C18H19N3O3S. The van der Waals surface area contributed by atoms with Gasteiger partial charge in [-0.05, 0) is 35.7 Å². The smallest absolute Gasteiger partial charge is 0.226 e. The number of hydrogen-bond donors (Lipinski definition) is 0. The van der Waals surface area contributed by atoms with Crippen LogP contribution in [0.1, 0.15) is 29.8 Å². The Balaban J connectivity index is 1.59. The second-order valence-corrected chi connectivity index (χ2v) is 7.97. The van der Waals surface area contributed by atoms with Crippen LogP contribution in [0.4, 0.5) is 0 Å². The molecule has 0 amide bonds. The number of rotatable bonds is 7. The van der Waals surface area contributed by atoms with Crippen molar-refractivity contribution in [2.24, 2.45) is 0 Å². The number of nitrogens with zero attached hydrogens (tertiary/aromatic N) is 3. The summed E-state index contributed by atoms with van der Waals surface area (Å²) in [5.74, 6) is 1.31. The van der Waals surface area contributed by atoms with Crippen LogP contribution in [-0.4, -0.2) is 29.3 Å². The van der Waals surface area contributed by atoms with Crippen LogP contribution < -0.4 is 0 Å². The van der Waals surface area contributed by atoms with Gasteiger partial charge in [-0.25, -0.2) is 8.42 Å². The highest BCUT2D eigenvalue weighted by Gasteiger charge is 2.11. The third kappa shape index (κ3) is 4.51. The lowest BCUT2D eigenvalue weighted by Gasteiger charge is -2.03. The van der Waals surface area contributed by atoms with Gasteiger partial charge in [0.1, 0.15) is 0 Å². The molecule has 1 aromatic carbocycles. The highest BCUT2D eigenvalue weighted by atomic mass is 32.2. The molecule has 130 valence electrons. The van der Waals surface area contributed by atoms with E-state index in [-0.39, 0.29) is 5.75 Å². The first-order valence-electron chi connectivity index (χ1n) is 8.09. The molecule has 0 aliphatic heterocycles. The van der Waals surface area contributed by atoms with Crippen molar-refractivity contribution >= 4 is 9.84 Å². The molecule has 0 unspecified atom stereocenters. The van der Waals surface area contributed by atoms with Crippen molar-refractivity contribution in [3.63, 3.8) is 0 Å². The topological polar surface area (TPSA) is 86.0 Å². The summed E-state index contributed by atoms with van der Waals surface area (Å²) in [7, 11) is -3.15. The lowest BCUT2D eigenvalue weighted by atomic mass is 10.1. The number of sulfone groups is 1. The Labute approximate surface area is 146 Å². The molecule has 0 aliphatic carbocycles. The zero-order valence-electron chi connectivity index (χ0n) is 13.9. The first-order chi connectivity index (χ1) is 12.1. The fourth-order valence-electron chi connectivity index (χ4n) is 2.43. The summed E-state index contributed by atoms with van der Waals surface area (Å²) in [5.41, 5.74) is 2.06. The van der Waals surface area contributed by atoms with Gasteiger partial charge in [-0.1, -0.05) is 30.3 Å². The van der Waals surface area contributed by atoms with Crippen molar-refractivity contribution in [2.75, 3.05) is 5.75 Å². The monoisotopic (exact) mass is 357 g/mol. The van der Waals surface area contributed by atoms with E-state index < -0.39 is 9.84 Å². The SMILES string of the molecule is CCS(=O)(=O)c1ccc(CCc2nc(Cc3cccnc3)no2)cc1. The normalized spacial score (nSPS) is 11.6. The van der Waals surface area contributed by atoms with Crippen LogP contribution >= 0.6 is 0 Å². The van der Waals surface area contributed by atoms with Crippen molar-refractivity contribution < 1.29 is 12.9 Å². The first kappa shape index (κ1) is 17.3. The molecule has 0 saturated heterocycles. The average Bonchev–Trinajstić information content (AvgIpc) is 3.08. The highest BCUT2D eigenvalue weighted by Crippen LogP contribution is 2.14. The Kier molecular flexibility index (Phi) is 5.23. The van der Waals surface area contributed by atoms with Gasteiger partial charge in [0.15, 0.2) is 15.7 Å². The first-order valence-corrected chi connectivity index (χ1v) is 9.74. The molecule has 0 saturated carbocycles. The molecule has 2 heterocycles. The lowest BCUT2D eigenvalue weighted by molar-refractivity contribution is 0.373. The van der Waals surface area contributed by atoms with Gasteiger partial charge in [-0.2, -0.15) is 4.98 Å². The zero-order valence-corrected chi connectivity index (χ0v) is 14.7. The highest BCUT2D eigenvalue weighted by molar-refractivity contribution is 7.91. The van der Waals surface area contributed by atoms with Gasteiger partial charge >= 0.3 is 0 Å². The minimum Gasteiger partial charge on any atom is -0.339 e. The molecule has 0 spiro atoms. The molecule has 0 atom stereocenters. The molecule has 3 aromatic rings. The van der Waals surface area contributed by atoms with Crippen molar-refractivity contribution in [2.45, 2.75) is 31.1 Å². The second-order valence-electron chi connectivity index (χ2n) is 5.69. The maximum Gasteiger partial charge on any atom is 0.226 e. The third-order valence-corrected chi connectivity index (χ3v) is 5.64. The van der Waals surface area contributed by atoms with E-state index in [0.29, 0.717) is 35.9 Å². The molecule has 2 aromatic heterocycles. The summed E-state index contributed by atoms with van der Waals surface area (Å²) in [5, 5.41) is 3.99. The van der Waals surface area contributed by atoms with E-state index in [0.717, 1.165) is 11.1 Å². The van der Waals surface area contributed by atoms with E-state index in [1.807, 2.05) is 24.3 Å². The van der Waals surface area contributed by atoms with E-state index in [2.05, 4.69) is 15.1 Å². The Morgan fingerprint density at radius 2 is 1.84 bits per heavy atom. The third-order valence-electron chi connectivity index (χ3n) is 3.89. The molecule has 0 radical (unpaired) electrons. The van der Waals surface area contributed by atoms with Crippen LogP contribution in [0.25, 0.3) is 0 Å². The van der Waals surface area contributed by atoms with Gasteiger partial charge < -0.3 is 4.52 Å². The van der Waals surface area contributed by atoms with Crippen molar-refractivity contribution in [1.82, 2.24) is 15.1 Å². The van der Waals surface area contributed by atoms with Crippen LogP contribution in [0.2, 0.25) is 0 Å². The van der Waals surface area contributed by atoms with Gasteiger partial charge in [0, 0.05) is 25.2 Å². The summed E-state index contributed by atoms with van der Waals surface area (Å²) in [6.45, 7) is 1.64. The number of aromatic nitrogens is 3. The second kappa shape index (κ2) is 7.57. The number of benzene rings is 1. The van der Waals surface area contributed by atoms with Crippen molar-refractivity contribution in [3.8, 4) is 0 Å². The molecule has 7 heteroatoms. The summed E-state index contributed by atoms with van der Waals surface area (Å²) in [4.78, 5) is 8.81. The van der Waals surface area contributed by atoms with Crippen molar-refractivity contribution in [3.05, 3.63) is 71.6 Å². The van der Waals surface area contributed by atoms with Gasteiger partial charge in [-0.15, -0.1) is 0 Å². The summed E-state index contributed by atoms with van der Waals surface area (Å²) in [6.07, 6.45) is 5.41. The molecule has 25 heavy (non-hydrogen) atoms. The maximum absolute atomic E-state index is 11.8. The molecule has 0 N–H and O–H groups in total. The van der Waals surface area contributed by atoms with Gasteiger partial charge in [0.05, 0.1) is 10.6 Å². The molecule has 0 bridgehead atoms. The van der Waals surface area contributed by atoms with Gasteiger partial charge in [-0.3, -0.25) is 4.98 Å². The van der Waals surface area contributed by atoms with Crippen LogP contribution in [0.3, 0.4) is 0 Å². The van der Waals surface area contributed by atoms with Crippen LogP contribution in [0.15, 0.2) is 58.2 Å². The standard InChI is InChI=1S/C18H19N3O3S/c1-2-25(22,23)16-8-5-14(6-9-16)7-10-18-20-17(21-24-18)12-15-4-3-11-19-13-15/h3-6,8-9,11,13H,2,7,10,12H2,1H3. The Morgan fingerprint density at radius 1 is 1.04 bits per heavy atom. The van der Waals surface area contributed by atoms with Gasteiger partial charge in [0.25, 0.3) is 0 Å². The van der Waals surface area contributed by atoms with Crippen LogP contribution in [0.5, 0.6) is 0 Å². The summed E-state index contributed by atoms with van der Waals surface area (Å²) >= 11 is 0. The van der Waals surface area contributed by atoms with E-state index in [4.69, 9.17) is 4.52 Å². The van der Waals surface area contributed by atoms with Crippen molar-refractivity contribution in [1.29, 1.82) is 0 Å². The van der Waals surface area contributed by atoms with Crippen LogP contribution in [-0.2, 0) is 29.1 Å². The minimum absolute atomic E-state index is 0.105. The van der Waals surface area contributed by atoms with E-state index >= 15 is 0 Å². The summed E-state index contributed by atoms with van der Waals surface area (Å²) in [6, 6.07) is 10.8. The lowest BCUT2D eigenvalue weighted by Crippen LogP contribution is -2.03. The minimum atomic E-state index is -3.15. The summed E-state index contributed by atoms with van der Waals surface area (Å²) < 4.78 is 28.9. The molecule has 6 nitrogen and oxygen atoms in total. The molecule has 3 rings (SSSR count). The Morgan fingerprint density at radius 3 is 2.52 bits per heavy atom. The average molecular weight is 357 g/mol. The number of hydrogen-bond acceptors (Lipinski definition) is 6. The zero-order chi connectivity index (χ0) is 17.7. The van der Waals surface area contributed by atoms with Crippen LogP contribution in [0, 0.1) is 0 Å². The molecule has 0 fully saturated rings. The predicted molar refractivity (Wildman–Crippen MR) is 92.9 cm³/mol. The van der Waals surface area contributed by atoms with E-state index in [1.165, 1.54) is 0 Å². The maximum atomic E-state index is 11.8. The number of pyridine rings is 1.